The van der Waals surface area contributed by atoms with Gasteiger partial charge in [-0.05, 0) is 35.2 Å². The molecule has 0 saturated heterocycles. The van der Waals surface area contributed by atoms with Gasteiger partial charge in [-0.25, -0.2) is 0 Å². The van der Waals surface area contributed by atoms with Gasteiger partial charge >= 0.3 is 0 Å². The molecule has 1 aliphatic heterocycles. The highest BCUT2D eigenvalue weighted by Crippen LogP contribution is 2.26. The van der Waals surface area contributed by atoms with E-state index in [0.717, 1.165) is 27.7 Å². The number of hydrogen-bond acceptors (Lipinski definition) is 2. The van der Waals surface area contributed by atoms with Gasteiger partial charge in [0.1, 0.15) is 0 Å². The first kappa shape index (κ1) is 13.5. The minimum atomic E-state index is -0.177. The van der Waals surface area contributed by atoms with Crippen LogP contribution in [0, 0.1) is 0 Å². The van der Waals surface area contributed by atoms with Crippen LogP contribution in [-0.2, 0) is 11.2 Å². The second-order valence-corrected chi connectivity index (χ2v) is 5.58. The Morgan fingerprint density at radius 3 is 2.74 bits per heavy atom. The molecule has 2 amide bonds. The summed E-state index contributed by atoms with van der Waals surface area (Å²) in [6.07, 6.45) is 0.324. The van der Waals surface area contributed by atoms with E-state index in [9.17, 15) is 9.59 Å². The first-order chi connectivity index (χ1) is 11.2. The number of benzene rings is 3. The second kappa shape index (κ2) is 5.25. The number of anilines is 2. The standard InChI is InChI=1S/C19H14N2O2/c22-18-11-14-10-13(8-9-16(14)20-18)19(23)21-17-7-3-5-12-4-1-2-6-15(12)17/h1-10H,11H2,(H,20,22)(H,21,23). The Balaban J connectivity index is 1.65. The van der Waals surface area contributed by atoms with Crippen LogP contribution in [0.2, 0.25) is 0 Å². The first-order valence-electron chi connectivity index (χ1n) is 7.42. The average Bonchev–Trinajstić information content (AvgIpc) is 2.94. The van der Waals surface area contributed by atoms with Crippen molar-refractivity contribution in [2.24, 2.45) is 0 Å². The lowest BCUT2D eigenvalue weighted by molar-refractivity contribution is -0.115. The normalized spacial score (nSPS) is 12.8. The summed E-state index contributed by atoms with van der Waals surface area (Å²) >= 11 is 0. The van der Waals surface area contributed by atoms with Crippen molar-refractivity contribution >= 4 is 34.0 Å². The molecule has 4 nitrogen and oxygen atoms in total. The summed E-state index contributed by atoms with van der Waals surface area (Å²) in [5.41, 5.74) is 2.98. The summed E-state index contributed by atoms with van der Waals surface area (Å²) in [6.45, 7) is 0. The quantitative estimate of drug-likeness (QED) is 0.760. The van der Waals surface area contributed by atoms with E-state index in [4.69, 9.17) is 0 Å². The monoisotopic (exact) mass is 302 g/mol. The maximum atomic E-state index is 12.5. The highest BCUT2D eigenvalue weighted by molar-refractivity contribution is 6.10. The summed E-state index contributed by atoms with van der Waals surface area (Å²) in [4.78, 5) is 23.9. The lowest BCUT2D eigenvalue weighted by Crippen LogP contribution is -2.12. The fourth-order valence-electron chi connectivity index (χ4n) is 2.90. The maximum Gasteiger partial charge on any atom is 0.255 e. The predicted molar refractivity (Wildman–Crippen MR) is 90.7 cm³/mol. The largest absolute Gasteiger partial charge is 0.326 e. The summed E-state index contributed by atoms with van der Waals surface area (Å²) in [5, 5.41) is 7.81. The molecule has 1 aliphatic rings. The fraction of sp³-hybridized carbons (Fsp3) is 0.0526. The molecule has 0 unspecified atom stereocenters. The summed E-state index contributed by atoms with van der Waals surface area (Å²) in [5.74, 6) is -0.213. The minimum absolute atomic E-state index is 0.0355. The molecule has 0 spiro atoms. The second-order valence-electron chi connectivity index (χ2n) is 5.58. The lowest BCUT2D eigenvalue weighted by atomic mass is 10.1. The third kappa shape index (κ3) is 2.44. The fourth-order valence-corrected chi connectivity index (χ4v) is 2.90. The highest BCUT2D eigenvalue weighted by atomic mass is 16.2. The Kier molecular flexibility index (Phi) is 3.08. The number of carbonyl (C=O) groups excluding carboxylic acids is 2. The molecule has 112 valence electrons. The summed E-state index contributed by atoms with van der Waals surface area (Å²) < 4.78 is 0. The summed E-state index contributed by atoms with van der Waals surface area (Å²) in [6, 6.07) is 19.0. The molecular weight excluding hydrogens is 288 g/mol. The molecule has 0 fully saturated rings. The van der Waals surface area contributed by atoms with Crippen molar-refractivity contribution < 1.29 is 9.59 Å². The molecule has 0 atom stereocenters. The smallest absolute Gasteiger partial charge is 0.255 e. The molecule has 4 heteroatoms. The van der Waals surface area contributed by atoms with Crippen LogP contribution in [-0.4, -0.2) is 11.8 Å². The number of amides is 2. The average molecular weight is 302 g/mol. The zero-order valence-electron chi connectivity index (χ0n) is 12.3. The van der Waals surface area contributed by atoms with Crippen LogP contribution in [0.1, 0.15) is 15.9 Å². The van der Waals surface area contributed by atoms with Crippen molar-refractivity contribution in [1.82, 2.24) is 0 Å². The molecule has 0 bridgehead atoms. The Hall–Kier alpha value is -3.14. The summed E-state index contributed by atoms with van der Waals surface area (Å²) in [7, 11) is 0. The van der Waals surface area contributed by atoms with Crippen LogP contribution in [0.5, 0.6) is 0 Å². The van der Waals surface area contributed by atoms with Gasteiger partial charge in [0, 0.05) is 22.3 Å². The molecule has 2 N–H and O–H groups in total. The van der Waals surface area contributed by atoms with Crippen molar-refractivity contribution in [1.29, 1.82) is 0 Å². The van der Waals surface area contributed by atoms with E-state index < -0.39 is 0 Å². The zero-order valence-corrected chi connectivity index (χ0v) is 12.3. The van der Waals surface area contributed by atoms with Gasteiger partial charge in [0.25, 0.3) is 5.91 Å². The first-order valence-corrected chi connectivity index (χ1v) is 7.42. The van der Waals surface area contributed by atoms with Gasteiger partial charge in [0.2, 0.25) is 5.91 Å². The molecule has 4 rings (SSSR count). The zero-order chi connectivity index (χ0) is 15.8. The van der Waals surface area contributed by atoms with Crippen LogP contribution >= 0.6 is 0 Å². The van der Waals surface area contributed by atoms with E-state index in [1.807, 2.05) is 42.5 Å². The van der Waals surface area contributed by atoms with Crippen molar-refractivity contribution in [2.75, 3.05) is 10.6 Å². The third-order valence-corrected chi connectivity index (χ3v) is 4.03. The van der Waals surface area contributed by atoms with E-state index in [-0.39, 0.29) is 11.8 Å². The van der Waals surface area contributed by atoms with E-state index >= 15 is 0 Å². The van der Waals surface area contributed by atoms with E-state index in [1.54, 1.807) is 18.2 Å². The van der Waals surface area contributed by atoms with Gasteiger partial charge in [-0.2, -0.15) is 0 Å². The third-order valence-electron chi connectivity index (χ3n) is 4.03. The van der Waals surface area contributed by atoms with Crippen molar-refractivity contribution in [3.63, 3.8) is 0 Å². The van der Waals surface area contributed by atoms with Crippen LogP contribution in [0.3, 0.4) is 0 Å². The van der Waals surface area contributed by atoms with Gasteiger partial charge in [0.05, 0.1) is 6.42 Å². The molecule has 23 heavy (non-hydrogen) atoms. The Labute approximate surface area is 133 Å². The van der Waals surface area contributed by atoms with Crippen LogP contribution < -0.4 is 10.6 Å². The molecule has 0 aromatic heterocycles. The van der Waals surface area contributed by atoms with Gasteiger partial charge < -0.3 is 10.6 Å². The number of fused-ring (bicyclic) bond motifs is 2. The SMILES string of the molecule is O=C1Cc2cc(C(=O)Nc3cccc4ccccc34)ccc2N1. The number of carbonyl (C=O) groups is 2. The maximum absolute atomic E-state index is 12.5. The number of nitrogens with one attached hydrogen (secondary N) is 2. The van der Waals surface area contributed by atoms with Gasteiger partial charge in [0.15, 0.2) is 0 Å². The Bertz CT molecular complexity index is 942. The van der Waals surface area contributed by atoms with Crippen LogP contribution in [0.4, 0.5) is 11.4 Å². The highest BCUT2D eigenvalue weighted by Gasteiger charge is 2.19. The van der Waals surface area contributed by atoms with Crippen molar-refractivity contribution in [3.8, 4) is 0 Å². The minimum Gasteiger partial charge on any atom is -0.326 e. The number of rotatable bonds is 2. The molecule has 1 heterocycles. The van der Waals surface area contributed by atoms with Gasteiger partial charge in [-0.1, -0.05) is 36.4 Å². The Morgan fingerprint density at radius 1 is 1.00 bits per heavy atom. The molecule has 0 aliphatic carbocycles. The van der Waals surface area contributed by atoms with Crippen LogP contribution in [0.15, 0.2) is 60.7 Å². The van der Waals surface area contributed by atoms with E-state index in [1.165, 1.54) is 0 Å². The van der Waals surface area contributed by atoms with Crippen molar-refractivity contribution in [2.45, 2.75) is 6.42 Å². The molecular formula is C19H14N2O2. The van der Waals surface area contributed by atoms with Gasteiger partial charge in [-0.15, -0.1) is 0 Å². The predicted octanol–water partition coefficient (Wildman–Crippen LogP) is 3.59. The molecule has 3 aromatic carbocycles. The molecule has 3 aromatic rings. The molecule has 0 radical (unpaired) electrons. The topological polar surface area (TPSA) is 58.2 Å². The van der Waals surface area contributed by atoms with E-state index in [0.29, 0.717) is 12.0 Å². The van der Waals surface area contributed by atoms with Gasteiger partial charge in [-0.3, -0.25) is 9.59 Å². The lowest BCUT2D eigenvalue weighted by Gasteiger charge is -2.09. The van der Waals surface area contributed by atoms with Crippen LogP contribution in [0.25, 0.3) is 10.8 Å². The van der Waals surface area contributed by atoms with Crippen molar-refractivity contribution in [3.05, 3.63) is 71.8 Å². The van der Waals surface area contributed by atoms with E-state index in [2.05, 4.69) is 10.6 Å². The number of hydrogen-bond donors (Lipinski definition) is 2. The Morgan fingerprint density at radius 2 is 1.83 bits per heavy atom. The molecule has 0 saturated carbocycles.